The fraction of sp³-hybridized carbons (Fsp3) is 0.281. The normalized spacial score (nSPS) is 17.1. The Labute approximate surface area is 218 Å². The summed E-state index contributed by atoms with van der Waals surface area (Å²) in [6, 6.07) is 27.2. The molecule has 0 amide bonds. The summed E-state index contributed by atoms with van der Waals surface area (Å²) >= 11 is 0. The zero-order chi connectivity index (χ0) is 25.2. The number of methoxy groups -OCH3 is 2. The summed E-state index contributed by atoms with van der Waals surface area (Å²) in [5.74, 6) is 1.75. The average Bonchev–Trinajstić information content (AvgIpc) is 2.97. The number of ether oxygens (including phenoxy) is 3. The lowest BCUT2D eigenvalue weighted by Gasteiger charge is -2.35. The van der Waals surface area contributed by atoms with Crippen LogP contribution in [-0.2, 0) is 37.3 Å². The Hall–Kier alpha value is -3.67. The van der Waals surface area contributed by atoms with Gasteiger partial charge in [-0.25, -0.2) is 0 Å². The maximum absolute atomic E-state index is 6.48. The number of pyridine rings is 1. The molecule has 0 spiro atoms. The molecule has 0 radical (unpaired) electrons. The zero-order valence-electron chi connectivity index (χ0n) is 21.4. The molecule has 37 heavy (non-hydrogen) atoms. The molecule has 1 aromatic heterocycles. The van der Waals surface area contributed by atoms with Crippen LogP contribution in [0.5, 0.6) is 11.5 Å². The van der Waals surface area contributed by atoms with Crippen LogP contribution >= 0.6 is 0 Å². The van der Waals surface area contributed by atoms with Crippen molar-refractivity contribution in [2.24, 2.45) is 0 Å². The average molecular weight is 493 g/mol. The maximum Gasteiger partial charge on any atom is 0.118 e. The van der Waals surface area contributed by atoms with Gasteiger partial charge in [0.2, 0.25) is 0 Å². The van der Waals surface area contributed by atoms with E-state index in [4.69, 9.17) is 19.2 Å². The number of hydrogen-bond donors (Lipinski definition) is 0. The summed E-state index contributed by atoms with van der Waals surface area (Å²) in [6.07, 6.45) is 1.79. The molecule has 0 N–H and O–H groups in total. The number of hydrogen-bond acceptors (Lipinski definition) is 5. The van der Waals surface area contributed by atoms with Crippen molar-refractivity contribution in [1.82, 2.24) is 9.88 Å². The highest BCUT2D eigenvalue weighted by atomic mass is 16.5. The smallest absolute Gasteiger partial charge is 0.118 e. The molecule has 0 aliphatic carbocycles. The van der Waals surface area contributed by atoms with Crippen LogP contribution in [0.15, 0.2) is 78.9 Å². The maximum atomic E-state index is 6.48. The van der Waals surface area contributed by atoms with E-state index in [0.29, 0.717) is 6.61 Å². The van der Waals surface area contributed by atoms with E-state index in [2.05, 4.69) is 59.5 Å². The molecule has 0 saturated heterocycles. The van der Waals surface area contributed by atoms with Gasteiger partial charge in [0, 0.05) is 43.7 Å². The Balaban J connectivity index is 1.35. The Bertz CT molecular complexity index is 1370. The van der Waals surface area contributed by atoms with Crippen molar-refractivity contribution in [2.45, 2.75) is 38.6 Å². The van der Waals surface area contributed by atoms with Gasteiger partial charge in [0.05, 0.1) is 32.6 Å². The molecular formula is C32H32N2O3. The van der Waals surface area contributed by atoms with E-state index >= 15 is 0 Å². The van der Waals surface area contributed by atoms with Gasteiger partial charge >= 0.3 is 0 Å². The minimum Gasteiger partial charge on any atom is -0.497 e. The lowest BCUT2D eigenvalue weighted by Crippen LogP contribution is -2.33. The van der Waals surface area contributed by atoms with E-state index < -0.39 is 0 Å². The Morgan fingerprint density at radius 1 is 0.838 bits per heavy atom. The van der Waals surface area contributed by atoms with Crippen LogP contribution in [0.4, 0.5) is 0 Å². The molecule has 2 aliphatic heterocycles. The molecule has 1 atom stereocenters. The van der Waals surface area contributed by atoms with E-state index in [1.165, 1.54) is 33.5 Å². The fourth-order valence-electron chi connectivity index (χ4n) is 5.55. The molecule has 5 nitrogen and oxygen atoms in total. The first-order valence-corrected chi connectivity index (χ1v) is 12.9. The fourth-order valence-corrected chi connectivity index (χ4v) is 5.55. The summed E-state index contributed by atoms with van der Waals surface area (Å²) < 4.78 is 17.2. The van der Waals surface area contributed by atoms with Crippen molar-refractivity contribution in [3.8, 4) is 22.8 Å². The number of benzene rings is 3. The van der Waals surface area contributed by atoms with Gasteiger partial charge in [-0.3, -0.25) is 9.88 Å². The minimum absolute atomic E-state index is 0.0320. The largest absolute Gasteiger partial charge is 0.497 e. The minimum atomic E-state index is 0.0320. The van der Waals surface area contributed by atoms with E-state index in [0.717, 1.165) is 55.2 Å². The van der Waals surface area contributed by atoms with Crippen molar-refractivity contribution >= 4 is 0 Å². The third kappa shape index (κ3) is 4.85. The van der Waals surface area contributed by atoms with Crippen molar-refractivity contribution in [2.75, 3.05) is 20.8 Å². The Morgan fingerprint density at radius 2 is 1.54 bits per heavy atom. The summed E-state index contributed by atoms with van der Waals surface area (Å²) in [4.78, 5) is 7.82. The first kappa shape index (κ1) is 23.7. The van der Waals surface area contributed by atoms with Crippen molar-refractivity contribution < 1.29 is 14.2 Å². The van der Waals surface area contributed by atoms with Crippen molar-refractivity contribution in [3.63, 3.8) is 0 Å². The van der Waals surface area contributed by atoms with Gasteiger partial charge in [-0.1, -0.05) is 42.5 Å². The first-order chi connectivity index (χ1) is 18.2. The molecular weight excluding hydrogens is 460 g/mol. The molecule has 188 valence electrons. The highest BCUT2D eigenvalue weighted by Gasteiger charge is 2.30. The zero-order valence-corrected chi connectivity index (χ0v) is 21.4. The van der Waals surface area contributed by atoms with Gasteiger partial charge in [0.25, 0.3) is 0 Å². The number of aromatic nitrogens is 1. The molecule has 2 aliphatic rings. The number of rotatable bonds is 6. The third-order valence-corrected chi connectivity index (χ3v) is 7.57. The Kier molecular flexibility index (Phi) is 6.64. The van der Waals surface area contributed by atoms with Gasteiger partial charge in [0.1, 0.15) is 11.5 Å². The van der Waals surface area contributed by atoms with Gasteiger partial charge in [-0.2, -0.15) is 0 Å². The van der Waals surface area contributed by atoms with Crippen molar-refractivity contribution in [1.29, 1.82) is 0 Å². The van der Waals surface area contributed by atoms with Gasteiger partial charge < -0.3 is 14.2 Å². The predicted molar refractivity (Wildman–Crippen MR) is 145 cm³/mol. The number of nitrogens with zero attached hydrogens (tertiary/aromatic N) is 2. The standard InChI is InChI=1S/C32H32N2O3/c1-35-25-12-8-22(9-13-25)19-34-17-16-30-28(20-34)29-21-37-31(23-6-4-3-5-7-23)18-27(29)32(33-30)24-10-14-26(36-2)15-11-24/h3-15,31H,16-21H2,1-2H3/t31-/m1/s1. The highest BCUT2D eigenvalue weighted by Crippen LogP contribution is 2.40. The van der Waals surface area contributed by atoms with Crippen LogP contribution in [0.1, 0.15) is 39.6 Å². The summed E-state index contributed by atoms with van der Waals surface area (Å²) in [7, 11) is 3.41. The second kappa shape index (κ2) is 10.4. The van der Waals surface area contributed by atoms with Gasteiger partial charge in [-0.15, -0.1) is 0 Å². The molecule has 3 aromatic carbocycles. The van der Waals surface area contributed by atoms with Crippen LogP contribution in [-0.4, -0.2) is 30.6 Å². The third-order valence-electron chi connectivity index (χ3n) is 7.57. The van der Waals surface area contributed by atoms with Crippen molar-refractivity contribution in [3.05, 3.63) is 112 Å². The second-order valence-corrected chi connectivity index (χ2v) is 9.79. The molecule has 0 fully saturated rings. The topological polar surface area (TPSA) is 43.8 Å². The van der Waals surface area contributed by atoms with Gasteiger partial charge in [0.15, 0.2) is 0 Å². The summed E-state index contributed by atoms with van der Waals surface area (Å²) in [6.45, 7) is 3.39. The molecule has 6 rings (SSSR count). The monoisotopic (exact) mass is 492 g/mol. The van der Waals surface area contributed by atoms with Crippen LogP contribution in [0, 0.1) is 0 Å². The molecule has 4 aromatic rings. The van der Waals surface area contributed by atoms with E-state index in [1.807, 2.05) is 24.3 Å². The quantitative estimate of drug-likeness (QED) is 0.324. The Morgan fingerprint density at radius 3 is 2.24 bits per heavy atom. The molecule has 0 unspecified atom stereocenters. The van der Waals surface area contributed by atoms with E-state index in [-0.39, 0.29) is 6.10 Å². The lowest BCUT2D eigenvalue weighted by molar-refractivity contribution is 0.0261. The van der Waals surface area contributed by atoms with Gasteiger partial charge in [-0.05, 0) is 64.2 Å². The molecule has 0 saturated carbocycles. The van der Waals surface area contributed by atoms with Crippen LogP contribution < -0.4 is 9.47 Å². The predicted octanol–water partition coefficient (Wildman–Crippen LogP) is 6.14. The lowest BCUT2D eigenvalue weighted by atomic mass is 9.86. The molecule has 5 heteroatoms. The first-order valence-electron chi connectivity index (χ1n) is 12.9. The van der Waals surface area contributed by atoms with E-state index in [9.17, 15) is 0 Å². The van der Waals surface area contributed by atoms with Crippen LogP contribution in [0.3, 0.4) is 0 Å². The highest BCUT2D eigenvalue weighted by molar-refractivity contribution is 5.67. The number of fused-ring (bicyclic) bond motifs is 3. The summed E-state index contributed by atoms with van der Waals surface area (Å²) in [5.41, 5.74) is 9.92. The molecule has 3 heterocycles. The summed E-state index contributed by atoms with van der Waals surface area (Å²) in [5, 5.41) is 0. The SMILES string of the molecule is COc1ccc(CN2CCc3nc(-c4ccc(OC)cc4)c4c(c3C2)CO[C@@H](c2ccccc2)C4)cc1. The molecule has 0 bridgehead atoms. The second-order valence-electron chi connectivity index (χ2n) is 9.79. The van der Waals surface area contributed by atoms with E-state index in [1.54, 1.807) is 14.2 Å². The van der Waals surface area contributed by atoms with Crippen LogP contribution in [0.25, 0.3) is 11.3 Å². The van der Waals surface area contributed by atoms with Crippen LogP contribution in [0.2, 0.25) is 0 Å².